The van der Waals surface area contributed by atoms with E-state index in [9.17, 15) is 5.11 Å². The minimum atomic E-state index is -0.575. The van der Waals surface area contributed by atoms with E-state index in [4.69, 9.17) is 0 Å². The fourth-order valence-electron chi connectivity index (χ4n) is 1.06. The summed E-state index contributed by atoms with van der Waals surface area (Å²) in [6.45, 7) is 7.88. The molecule has 13 heavy (non-hydrogen) atoms. The van der Waals surface area contributed by atoms with Gasteiger partial charge in [0.05, 0.1) is 5.54 Å². The van der Waals surface area contributed by atoms with Gasteiger partial charge in [0.25, 0.3) is 0 Å². The van der Waals surface area contributed by atoms with Crippen LogP contribution in [0.3, 0.4) is 0 Å². The largest absolute Gasteiger partial charge is 0.385 e. The van der Waals surface area contributed by atoms with Crippen molar-refractivity contribution in [2.75, 3.05) is 0 Å². The van der Waals surface area contributed by atoms with Gasteiger partial charge in [0.15, 0.2) is 5.82 Å². The van der Waals surface area contributed by atoms with Crippen molar-refractivity contribution in [3.05, 3.63) is 5.82 Å². The maximum absolute atomic E-state index is 9.60. The molecule has 0 aliphatic carbocycles. The molecule has 0 aliphatic rings. The van der Waals surface area contributed by atoms with Gasteiger partial charge in [-0.15, -0.1) is 5.10 Å². The molecule has 0 aromatic carbocycles. The van der Waals surface area contributed by atoms with Crippen LogP contribution in [-0.4, -0.2) is 25.3 Å². The predicted molar refractivity (Wildman–Crippen MR) is 48.1 cm³/mol. The molecule has 0 spiro atoms. The monoisotopic (exact) mass is 184 g/mol. The number of rotatable bonds is 2. The molecule has 0 saturated carbocycles. The average molecular weight is 184 g/mol. The van der Waals surface area contributed by atoms with Crippen LogP contribution in [0.2, 0.25) is 0 Å². The molecule has 0 fully saturated rings. The maximum Gasteiger partial charge on any atom is 0.180 e. The first kappa shape index (κ1) is 10.1. The molecular weight excluding hydrogens is 168 g/mol. The lowest BCUT2D eigenvalue weighted by atomic mass is 10.1. The molecule has 0 amide bonds. The van der Waals surface area contributed by atoms with Crippen molar-refractivity contribution < 1.29 is 5.11 Å². The zero-order valence-corrected chi connectivity index (χ0v) is 8.52. The lowest BCUT2D eigenvalue weighted by molar-refractivity contribution is 0.147. The Bertz CT molecular complexity index is 276. The van der Waals surface area contributed by atoms with Gasteiger partial charge in [0, 0.05) is 0 Å². The minimum Gasteiger partial charge on any atom is -0.385 e. The highest BCUT2D eigenvalue weighted by atomic mass is 16.3. The van der Waals surface area contributed by atoms with Crippen molar-refractivity contribution in [1.29, 1.82) is 0 Å². The highest BCUT2D eigenvalue weighted by molar-refractivity contribution is 4.91. The van der Waals surface area contributed by atoms with Crippen LogP contribution in [0.15, 0.2) is 0 Å². The van der Waals surface area contributed by atoms with Crippen LogP contribution >= 0.6 is 0 Å². The van der Waals surface area contributed by atoms with Crippen LogP contribution < -0.4 is 0 Å². The zero-order chi connectivity index (χ0) is 10.1. The molecule has 1 heterocycles. The summed E-state index contributed by atoms with van der Waals surface area (Å²) < 4.78 is 1.65. The van der Waals surface area contributed by atoms with Crippen LogP contribution in [-0.2, 0) is 5.54 Å². The van der Waals surface area contributed by atoms with E-state index in [0.29, 0.717) is 12.2 Å². The van der Waals surface area contributed by atoms with Gasteiger partial charge in [0.1, 0.15) is 6.10 Å². The molecule has 1 rings (SSSR count). The van der Waals surface area contributed by atoms with E-state index in [1.54, 1.807) is 4.68 Å². The zero-order valence-electron chi connectivity index (χ0n) is 8.52. The van der Waals surface area contributed by atoms with Gasteiger partial charge in [-0.25, -0.2) is 4.68 Å². The summed E-state index contributed by atoms with van der Waals surface area (Å²) in [6.07, 6.45) is 0.0467. The Morgan fingerprint density at radius 3 is 2.54 bits per heavy atom. The molecule has 1 unspecified atom stereocenters. The van der Waals surface area contributed by atoms with Gasteiger partial charge in [-0.05, 0) is 37.6 Å². The predicted octanol–water partition coefficient (Wildman–Crippen LogP) is 0.871. The quantitative estimate of drug-likeness (QED) is 0.740. The third kappa shape index (κ3) is 2.03. The fourth-order valence-corrected chi connectivity index (χ4v) is 1.06. The second kappa shape index (κ2) is 3.41. The van der Waals surface area contributed by atoms with Crippen molar-refractivity contribution >= 4 is 0 Å². The molecule has 5 heteroatoms. The van der Waals surface area contributed by atoms with E-state index in [2.05, 4.69) is 15.5 Å². The fraction of sp³-hybridized carbons (Fsp3) is 0.875. The highest BCUT2D eigenvalue weighted by Crippen LogP contribution is 2.19. The van der Waals surface area contributed by atoms with Crippen LogP contribution in [0.25, 0.3) is 0 Å². The highest BCUT2D eigenvalue weighted by Gasteiger charge is 2.23. The summed E-state index contributed by atoms with van der Waals surface area (Å²) in [5.41, 5.74) is -0.186. The van der Waals surface area contributed by atoms with E-state index in [1.165, 1.54) is 0 Å². The van der Waals surface area contributed by atoms with Crippen LogP contribution in [0, 0.1) is 0 Å². The van der Waals surface area contributed by atoms with E-state index >= 15 is 0 Å². The molecule has 0 radical (unpaired) electrons. The summed E-state index contributed by atoms with van der Waals surface area (Å²) >= 11 is 0. The summed E-state index contributed by atoms with van der Waals surface area (Å²) in [5.74, 6) is 0.537. The Labute approximate surface area is 77.8 Å². The smallest absolute Gasteiger partial charge is 0.180 e. The van der Waals surface area contributed by atoms with Crippen LogP contribution in [0.1, 0.15) is 46.0 Å². The third-order valence-electron chi connectivity index (χ3n) is 1.81. The molecule has 1 aromatic rings. The van der Waals surface area contributed by atoms with Gasteiger partial charge in [-0.1, -0.05) is 6.92 Å². The second-order valence-electron chi connectivity index (χ2n) is 4.04. The van der Waals surface area contributed by atoms with Crippen LogP contribution in [0.4, 0.5) is 0 Å². The topological polar surface area (TPSA) is 63.8 Å². The van der Waals surface area contributed by atoms with E-state index in [1.807, 2.05) is 27.7 Å². The number of nitrogens with zero attached hydrogens (tertiary/aromatic N) is 4. The van der Waals surface area contributed by atoms with Crippen molar-refractivity contribution in [2.45, 2.75) is 45.8 Å². The number of aliphatic hydroxyl groups is 1. The van der Waals surface area contributed by atoms with Crippen LogP contribution in [0.5, 0.6) is 0 Å². The van der Waals surface area contributed by atoms with Crippen molar-refractivity contribution in [3.63, 3.8) is 0 Å². The lowest BCUT2D eigenvalue weighted by Gasteiger charge is -2.21. The minimum absolute atomic E-state index is 0.186. The first-order valence-corrected chi connectivity index (χ1v) is 4.43. The first-order valence-electron chi connectivity index (χ1n) is 4.43. The Hall–Kier alpha value is -0.970. The number of aliphatic hydroxyl groups excluding tert-OH is 1. The Morgan fingerprint density at radius 1 is 1.46 bits per heavy atom. The Morgan fingerprint density at radius 2 is 2.08 bits per heavy atom. The summed E-state index contributed by atoms with van der Waals surface area (Å²) in [6, 6.07) is 0. The number of tetrazole rings is 1. The molecule has 5 nitrogen and oxygen atoms in total. The third-order valence-corrected chi connectivity index (χ3v) is 1.81. The Kier molecular flexibility index (Phi) is 2.66. The summed E-state index contributed by atoms with van der Waals surface area (Å²) in [5, 5.41) is 20.8. The SMILES string of the molecule is CCC(O)c1nnnn1C(C)(C)C. The van der Waals surface area contributed by atoms with Gasteiger partial charge in [-0.2, -0.15) is 0 Å². The van der Waals surface area contributed by atoms with E-state index < -0.39 is 6.10 Å². The summed E-state index contributed by atoms with van der Waals surface area (Å²) in [7, 11) is 0. The molecule has 0 bridgehead atoms. The van der Waals surface area contributed by atoms with Gasteiger partial charge >= 0.3 is 0 Å². The molecule has 1 aromatic heterocycles. The number of hydrogen-bond acceptors (Lipinski definition) is 4. The second-order valence-corrected chi connectivity index (χ2v) is 4.04. The Balaban J connectivity index is 3.03. The maximum atomic E-state index is 9.60. The average Bonchev–Trinajstić information content (AvgIpc) is 2.49. The first-order chi connectivity index (χ1) is 5.96. The van der Waals surface area contributed by atoms with E-state index in [0.717, 1.165) is 0 Å². The molecule has 1 N–H and O–H groups in total. The molecule has 1 atom stereocenters. The van der Waals surface area contributed by atoms with Crippen molar-refractivity contribution in [3.8, 4) is 0 Å². The lowest BCUT2D eigenvalue weighted by Crippen LogP contribution is -2.26. The van der Waals surface area contributed by atoms with Crippen molar-refractivity contribution in [1.82, 2.24) is 20.2 Å². The number of hydrogen-bond donors (Lipinski definition) is 1. The van der Waals surface area contributed by atoms with Crippen molar-refractivity contribution in [2.24, 2.45) is 0 Å². The normalized spacial score (nSPS) is 14.5. The number of aromatic nitrogens is 4. The van der Waals surface area contributed by atoms with E-state index in [-0.39, 0.29) is 5.54 Å². The van der Waals surface area contributed by atoms with Gasteiger partial charge in [0.2, 0.25) is 0 Å². The molecule has 74 valence electrons. The molecular formula is C8H16N4O. The standard InChI is InChI=1S/C8H16N4O/c1-5-6(13)7-9-10-11-12(7)8(2,3)4/h6,13H,5H2,1-4H3. The molecule has 0 aliphatic heterocycles. The van der Waals surface area contributed by atoms with Gasteiger partial charge in [-0.3, -0.25) is 0 Å². The van der Waals surface area contributed by atoms with Gasteiger partial charge < -0.3 is 5.11 Å². The molecule has 0 saturated heterocycles. The summed E-state index contributed by atoms with van der Waals surface area (Å²) in [4.78, 5) is 0.